The lowest BCUT2D eigenvalue weighted by molar-refractivity contribution is 0.420. The first-order valence-electron chi connectivity index (χ1n) is 2.95. The molecule has 13 heavy (non-hydrogen) atoms. The lowest BCUT2D eigenvalue weighted by Crippen LogP contribution is -1.99. The van der Waals surface area contributed by atoms with Crippen molar-refractivity contribution in [2.45, 2.75) is 4.90 Å². The van der Waals surface area contributed by atoms with Gasteiger partial charge in [-0.15, -0.1) is 3.89 Å². The Morgan fingerprint density at radius 1 is 1.23 bits per heavy atom. The van der Waals surface area contributed by atoms with Crippen molar-refractivity contribution in [3.05, 3.63) is 23.8 Å². The molecule has 0 aliphatic heterocycles. The van der Waals surface area contributed by atoms with Crippen molar-refractivity contribution in [1.82, 2.24) is 0 Å². The molecule has 0 fully saturated rings. The molecule has 0 radical (unpaired) electrons. The second kappa shape index (κ2) is 2.91. The predicted octanol–water partition coefficient (Wildman–Crippen LogP) is 1.33. The summed E-state index contributed by atoms with van der Waals surface area (Å²) in [5, 5.41) is 8.73. The SMILES string of the molecule is O=S(=O)(F)c1c(O)ccc(F)c1F. The summed E-state index contributed by atoms with van der Waals surface area (Å²) in [6, 6.07) is 1.03. The minimum Gasteiger partial charge on any atom is -0.506 e. The van der Waals surface area contributed by atoms with Crippen LogP contribution in [0.4, 0.5) is 12.7 Å². The van der Waals surface area contributed by atoms with Gasteiger partial charge in [-0.2, -0.15) is 8.42 Å². The molecular formula is C6H3F3O3S. The minimum absolute atomic E-state index is 0.485. The average Bonchev–Trinajstić information content (AvgIpc) is 1.95. The molecule has 0 heterocycles. The number of aromatic hydroxyl groups is 1. The van der Waals surface area contributed by atoms with Crippen molar-refractivity contribution < 1.29 is 26.2 Å². The van der Waals surface area contributed by atoms with E-state index in [9.17, 15) is 21.1 Å². The number of phenolic OH excluding ortho intramolecular Hbond substituents is 1. The molecule has 72 valence electrons. The van der Waals surface area contributed by atoms with E-state index in [0.717, 1.165) is 0 Å². The maximum Gasteiger partial charge on any atom is 0.338 e. The molecule has 0 aromatic heterocycles. The third-order valence-electron chi connectivity index (χ3n) is 1.27. The molecule has 0 aliphatic rings. The zero-order chi connectivity index (χ0) is 10.2. The van der Waals surface area contributed by atoms with Crippen molar-refractivity contribution in [3.63, 3.8) is 0 Å². The van der Waals surface area contributed by atoms with Crippen molar-refractivity contribution >= 4 is 10.2 Å². The Bertz CT molecular complexity index is 441. The van der Waals surface area contributed by atoms with Gasteiger partial charge in [0.05, 0.1) is 0 Å². The van der Waals surface area contributed by atoms with E-state index in [2.05, 4.69) is 0 Å². The van der Waals surface area contributed by atoms with E-state index in [0.29, 0.717) is 12.1 Å². The van der Waals surface area contributed by atoms with Gasteiger partial charge in [0.15, 0.2) is 16.5 Å². The lowest BCUT2D eigenvalue weighted by Gasteiger charge is -2.00. The molecule has 3 nitrogen and oxygen atoms in total. The van der Waals surface area contributed by atoms with Crippen molar-refractivity contribution in [2.75, 3.05) is 0 Å². The second-order valence-electron chi connectivity index (χ2n) is 2.15. The van der Waals surface area contributed by atoms with Gasteiger partial charge in [0.2, 0.25) is 0 Å². The van der Waals surface area contributed by atoms with Gasteiger partial charge in [-0.25, -0.2) is 8.78 Å². The zero-order valence-corrected chi connectivity index (χ0v) is 6.78. The topological polar surface area (TPSA) is 54.4 Å². The Balaban J connectivity index is 3.62. The minimum atomic E-state index is -5.45. The predicted molar refractivity (Wildman–Crippen MR) is 36.3 cm³/mol. The van der Waals surface area contributed by atoms with E-state index in [1.807, 2.05) is 0 Å². The molecule has 0 atom stereocenters. The van der Waals surface area contributed by atoms with Crippen LogP contribution in [-0.4, -0.2) is 13.5 Å². The first-order chi connectivity index (χ1) is 5.84. The Morgan fingerprint density at radius 3 is 2.15 bits per heavy atom. The molecule has 1 rings (SSSR count). The van der Waals surface area contributed by atoms with Crippen molar-refractivity contribution in [2.24, 2.45) is 0 Å². The molecule has 1 aromatic carbocycles. The van der Waals surface area contributed by atoms with Crippen LogP contribution in [0.2, 0.25) is 0 Å². The molecule has 0 amide bonds. The first-order valence-corrected chi connectivity index (χ1v) is 4.34. The number of rotatable bonds is 1. The highest BCUT2D eigenvalue weighted by atomic mass is 32.3. The highest BCUT2D eigenvalue weighted by molar-refractivity contribution is 7.86. The second-order valence-corrected chi connectivity index (χ2v) is 3.43. The maximum atomic E-state index is 12.6. The van der Waals surface area contributed by atoms with Crippen LogP contribution >= 0.6 is 0 Å². The van der Waals surface area contributed by atoms with Gasteiger partial charge in [0.25, 0.3) is 0 Å². The summed E-state index contributed by atoms with van der Waals surface area (Å²) in [5.74, 6) is -4.64. The highest BCUT2D eigenvalue weighted by Gasteiger charge is 2.25. The number of halogens is 3. The van der Waals surface area contributed by atoms with E-state index < -0.39 is 32.5 Å². The maximum absolute atomic E-state index is 12.6. The van der Waals surface area contributed by atoms with Crippen LogP contribution in [0.3, 0.4) is 0 Å². The molecule has 0 saturated heterocycles. The zero-order valence-electron chi connectivity index (χ0n) is 5.96. The van der Waals surface area contributed by atoms with Crippen molar-refractivity contribution in [3.8, 4) is 5.75 Å². The number of phenols is 1. The number of benzene rings is 1. The van der Waals surface area contributed by atoms with Crippen molar-refractivity contribution in [1.29, 1.82) is 0 Å². The summed E-state index contributed by atoms with van der Waals surface area (Å²) < 4.78 is 57.6. The summed E-state index contributed by atoms with van der Waals surface area (Å²) in [7, 11) is -5.45. The Labute approximate surface area is 71.6 Å². The largest absolute Gasteiger partial charge is 0.506 e. The van der Waals surface area contributed by atoms with E-state index in [-0.39, 0.29) is 0 Å². The van der Waals surface area contributed by atoms with Crippen LogP contribution in [-0.2, 0) is 10.2 Å². The van der Waals surface area contributed by atoms with Gasteiger partial charge < -0.3 is 5.11 Å². The smallest absolute Gasteiger partial charge is 0.338 e. The molecule has 0 saturated carbocycles. The summed E-state index contributed by atoms with van der Waals surface area (Å²) in [6.07, 6.45) is 0. The normalized spacial score (nSPS) is 11.6. The fourth-order valence-corrected chi connectivity index (χ4v) is 1.38. The molecule has 0 unspecified atom stereocenters. The summed E-state index contributed by atoms with van der Waals surface area (Å²) in [4.78, 5) is -1.67. The van der Waals surface area contributed by atoms with Crippen LogP contribution < -0.4 is 0 Å². The van der Waals surface area contributed by atoms with Gasteiger partial charge >= 0.3 is 10.2 Å². The van der Waals surface area contributed by atoms with Gasteiger partial charge in [-0.3, -0.25) is 0 Å². The molecule has 0 bridgehead atoms. The molecule has 0 spiro atoms. The third kappa shape index (κ3) is 1.74. The van der Waals surface area contributed by atoms with E-state index in [1.165, 1.54) is 0 Å². The Morgan fingerprint density at radius 2 is 1.77 bits per heavy atom. The highest BCUT2D eigenvalue weighted by Crippen LogP contribution is 2.28. The van der Waals surface area contributed by atoms with Crippen LogP contribution in [0.15, 0.2) is 17.0 Å². The standard InChI is InChI=1S/C6H3F3O3S/c7-3-1-2-4(10)6(5(3)8)13(9,11)12/h1-2,10H. The van der Waals surface area contributed by atoms with Gasteiger partial charge in [0.1, 0.15) is 5.75 Å². The van der Waals surface area contributed by atoms with E-state index in [1.54, 1.807) is 0 Å². The third-order valence-corrected chi connectivity index (χ3v) is 2.15. The Kier molecular flexibility index (Phi) is 2.21. The molecular weight excluding hydrogens is 209 g/mol. The Hall–Kier alpha value is -1.24. The van der Waals surface area contributed by atoms with E-state index >= 15 is 0 Å². The number of hydrogen-bond acceptors (Lipinski definition) is 3. The molecule has 0 aliphatic carbocycles. The van der Waals surface area contributed by atoms with E-state index in [4.69, 9.17) is 5.11 Å². The fourth-order valence-electron chi connectivity index (χ4n) is 0.754. The van der Waals surface area contributed by atoms with Crippen LogP contribution in [0.5, 0.6) is 5.75 Å². The quantitative estimate of drug-likeness (QED) is 0.714. The lowest BCUT2D eigenvalue weighted by atomic mass is 10.3. The molecule has 1 aromatic rings. The average molecular weight is 212 g/mol. The van der Waals surface area contributed by atoms with Crippen LogP contribution in [0.25, 0.3) is 0 Å². The summed E-state index contributed by atoms with van der Waals surface area (Å²) in [5.41, 5.74) is 0. The first kappa shape index (κ1) is 9.85. The van der Waals surface area contributed by atoms with Crippen LogP contribution in [0.1, 0.15) is 0 Å². The van der Waals surface area contributed by atoms with Crippen LogP contribution in [0, 0.1) is 11.6 Å². The molecule has 1 N–H and O–H groups in total. The summed E-state index contributed by atoms with van der Waals surface area (Å²) in [6.45, 7) is 0. The van der Waals surface area contributed by atoms with Gasteiger partial charge in [-0.1, -0.05) is 0 Å². The van der Waals surface area contributed by atoms with Gasteiger partial charge in [-0.05, 0) is 12.1 Å². The fraction of sp³-hybridized carbons (Fsp3) is 0. The molecule has 7 heteroatoms. The number of hydrogen-bond donors (Lipinski definition) is 1. The van der Waals surface area contributed by atoms with Gasteiger partial charge in [0, 0.05) is 0 Å². The monoisotopic (exact) mass is 212 g/mol. The summed E-state index contributed by atoms with van der Waals surface area (Å²) >= 11 is 0.